The Labute approximate surface area is 290 Å². The van der Waals surface area contributed by atoms with Crippen LogP contribution in [0.2, 0.25) is 0 Å². The van der Waals surface area contributed by atoms with Crippen molar-refractivity contribution in [3.63, 3.8) is 0 Å². The van der Waals surface area contributed by atoms with Crippen LogP contribution in [0.3, 0.4) is 0 Å². The minimum Gasteiger partial charge on any atom is -0.456 e. The zero-order valence-electron chi connectivity index (χ0n) is 27.8. The molecule has 0 aliphatic heterocycles. The number of hydrogen-bond acceptors (Lipinski definition) is 3. The van der Waals surface area contributed by atoms with Crippen LogP contribution in [0.1, 0.15) is 25.0 Å². The first-order valence-electron chi connectivity index (χ1n) is 17.2. The molecule has 1 aliphatic carbocycles. The number of benzene rings is 7. The maximum atomic E-state index is 6.12. The summed E-state index contributed by atoms with van der Waals surface area (Å²) in [5.74, 6) is 0.711. The highest BCUT2D eigenvalue weighted by Crippen LogP contribution is 2.53. The van der Waals surface area contributed by atoms with Gasteiger partial charge in [0.05, 0.1) is 11.4 Å². The van der Waals surface area contributed by atoms with Crippen molar-refractivity contribution in [3.8, 4) is 56.2 Å². The predicted molar refractivity (Wildman–Crippen MR) is 206 cm³/mol. The van der Waals surface area contributed by atoms with Gasteiger partial charge in [-0.2, -0.15) is 0 Å². The van der Waals surface area contributed by atoms with E-state index in [4.69, 9.17) is 14.4 Å². The summed E-state index contributed by atoms with van der Waals surface area (Å²) in [6.45, 7) is 4.68. The van der Waals surface area contributed by atoms with Gasteiger partial charge in [-0.05, 0) is 86.6 Å². The molecule has 50 heavy (non-hydrogen) atoms. The lowest BCUT2D eigenvalue weighted by Gasteiger charge is -2.22. The molecule has 0 N–H and O–H groups in total. The molecular formula is C47H32N2O. The van der Waals surface area contributed by atoms with Gasteiger partial charge in [-0.3, -0.25) is 0 Å². The van der Waals surface area contributed by atoms with Gasteiger partial charge in [0, 0.05) is 32.9 Å². The maximum absolute atomic E-state index is 6.12. The highest BCUT2D eigenvalue weighted by molar-refractivity contribution is 6.06. The minimum atomic E-state index is -0.140. The summed E-state index contributed by atoms with van der Waals surface area (Å²) in [7, 11) is 0. The van der Waals surface area contributed by atoms with Crippen LogP contribution in [0.5, 0.6) is 0 Å². The van der Waals surface area contributed by atoms with Crippen molar-refractivity contribution in [2.75, 3.05) is 0 Å². The summed E-state index contributed by atoms with van der Waals surface area (Å²) in [6, 6.07) is 55.9. The van der Waals surface area contributed by atoms with Crippen LogP contribution in [0, 0.1) is 0 Å². The number of rotatable bonds is 4. The van der Waals surface area contributed by atoms with Crippen LogP contribution in [0.4, 0.5) is 0 Å². The average molecular weight is 641 g/mol. The Bertz CT molecular complexity index is 2790. The summed E-state index contributed by atoms with van der Waals surface area (Å²) >= 11 is 0. The molecule has 0 radical (unpaired) electrons. The Hall–Kier alpha value is -6.32. The van der Waals surface area contributed by atoms with E-state index in [2.05, 4.69) is 141 Å². The molecule has 0 spiro atoms. The van der Waals surface area contributed by atoms with Crippen molar-refractivity contribution < 1.29 is 4.42 Å². The number of nitrogens with zero attached hydrogens (tertiary/aromatic N) is 2. The molecule has 9 aromatic rings. The third-order valence-corrected chi connectivity index (χ3v) is 10.5. The molecular weight excluding hydrogens is 609 g/mol. The molecule has 3 heteroatoms. The second-order valence-electron chi connectivity index (χ2n) is 13.8. The molecule has 0 saturated heterocycles. The summed E-state index contributed by atoms with van der Waals surface area (Å²) in [6.07, 6.45) is 0. The van der Waals surface area contributed by atoms with E-state index in [1.165, 1.54) is 33.0 Å². The maximum Gasteiger partial charge on any atom is 0.160 e. The molecule has 236 valence electrons. The number of aromatic nitrogens is 2. The largest absolute Gasteiger partial charge is 0.456 e. The summed E-state index contributed by atoms with van der Waals surface area (Å²) in [5, 5.41) is 4.76. The molecule has 2 heterocycles. The van der Waals surface area contributed by atoms with Gasteiger partial charge in [0.15, 0.2) is 5.82 Å². The predicted octanol–water partition coefficient (Wildman–Crippen LogP) is 12.5. The van der Waals surface area contributed by atoms with E-state index in [0.717, 1.165) is 61.1 Å². The quantitative estimate of drug-likeness (QED) is 0.192. The van der Waals surface area contributed by atoms with Gasteiger partial charge in [0.25, 0.3) is 0 Å². The van der Waals surface area contributed by atoms with Gasteiger partial charge >= 0.3 is 0 Å². The topological polar surface area (TPSA) is 38.9 Å². The first-order valence-corrected chi connectivity index (χ1v) is 17.2. The number of para-hydroxylation sites is 1. The van der Waals surface area contributed by atoms with Crippen molar-refractivity contribution in [1.82, 2.24) is 9.97 Å². The van der Waals surface area contributed by atoms with Crippen molar-refractivity contribution in [3.05, 3.63) is 169 Å². The Kier molecular flexibility index (Phi) is 6.22. The van der Waals surface area contributed by atoms with Crippen molar-refractivity contribution in [2.45, 2.75) is 19.3 Å². The van der Waals surface area contributed by atoms with E-state index in [1.807, 2.05) is 30.3 Å². The van der Waals surface area contributed by atoms with Crippen LogP contribution >= 0.6 is 0 Å². The highest BCUT2D eigenvalue weighted by Gasteiger charge is 2.37. The van der Waals surface area contributed by atoms with Gasteiger partial charge in [0.2, 0.25) is 0 Å². The molecule has 0 bridgehead atoms. The van der Waals surface area contributed by atoms with Crippen LogP contribution in [-0.2, 0) is 5.41 Å². The standard InChI is InChI=1S/C47H32N2O/c1-47(2)39-20-11-19-36(45(39)38-26-31-14-6-7-15-32(31)27-40(38)47)42-28-41(48-46(49-42)29-12-4-3-5-13-29)34-17-10-16-30(24-34)33-22-23-44-37(25-33)35-18-8-9-21-43(35)50-44/h3-28H,1-2H3. The van der Waals surface area contributed by atoms with E-state index in [1.54, 1.807) is 0 Å². The van der Waals surface area contributed by atoms with Crippen LogP contribution in [0.25, 0.3) is 88.9 Å². The first kappa shape index (κ1) is 28.7. The van der Waals surface area contributed by atoms with Crippen LogP contribution in [0.15, 0.2) is 162 Å². The normalized spacial score (nSPS) is 13.2. The second-order valence-corrected chi connectivity index (χ2v) is 13.8. The highest BCUT2D eigenvalue weighted by atomic mass is 16.3. The molecule has 0 saturated carbocycles. The van der Waals surface area contributed by atoms with E-state index in [0.29, 0.717) is 5.82 Å². The van der Waals surface area contributed by atoms with E-state index < -0.39 is 0 Å². The molecule has 0 unspecified atom stereocenters. The van der Waals surface area contributed by atoms with Gasteiger partial charge < -0.3 is 4.42 Å². The van der Waals surface area contributed by atoms with Crippen LogP contribution < -0.4 is 0 Å². The lowest BCUT2D eigenvalue weighted by molar-refractivity contribution is 0.661. The molecule has 3 nitrogen and oxygen atoms in total. The zero-order chi connectivity index (χ0) is 33.4. The van der Waals surface area contributed by atoms with Gasteiger partial charge in [-0.25, -0.2) is 9.97 Å². The lowest BCUT2D eigenvalue weighted by atomic mass is 9.81. The minimum absolute atomic E-state index is 0.140. The van der Waals surface area contributed by atoms with Crippen molar-refractivity contribution in [2.24, 2.45) is 0 Å². The third-order valence-electron chi connectivity index (χ3n) is 10.5. The Balaban J connectivity index is 1.16. The first-order chi connectivity index (χ1) is 24.5. The molecule has 0 fully saturated rings. The summed E-state index contributed by atoms with van der Waals surface area (Å²) in [4.78, 5) is 10.5. The molecule has 1 aliphatic rings. The molecule has 2 aromatic heterocycles. The van der Waals surface area contributed by atoms with Crippen LogP contribution in [-0.4, -0.2) is 9.97 Å². The van der Waals surface area contributed by atoms with E-state index >= 15 is 0 Å². The number of furan rings is 1. The third kappa shape index (κ3) is 4.44. The molecule has 0 atom stereocenters. The Morgan fingerprint density at radius 1 is 0.440 bits per heavy atom. The Morgan fingerprint density at radius 2 is 1.12 bits per heavy atom. The molecule has 0 amide bonds. The average Bonchev–Trinajstić information content (AvgIpc) is 3.65. The van der Waals surface area contributed by atoms with E-state index in [-0.39, 0.29) is 5.41 Å². The lowest BCUT2D eigenvalue weighted by Crippen LogP contribution is -2.14. The van der Waals surface area contributed by atoms with E-state index in [9.17, 15) is 0 Å². The smallest absolute Gasteiger partial charge is 0.160 e. The zero-order valence-corrected chi connectivity index (χ0v) is 27.8. The summed E-state index contributed by atoms with van der Waals surface area (Å²) < 4.78 is 6.12. The SMILES string of the molecule is CC1(C)c2cc3ccccc3cc2-c2c(-c3cc(-c4cccc(-c5ccc6oc7ccccc7c6c5)c4)nc(-c4ccccc4)n3)cccc21. The number of fused-ring (bicyclic) bond motifs is 7. The number of hydrogen-bond donors (Lipinski definition) is 0. The summed E-state index contributed by atoms with van der Waals surface area (Å²) in [5.41, 5.74) is 14.1. The fourth-order valence-corrected chi connectivity index (χ4v) is 7.90. The monoisotopic (exact) mass is 640 g/mol. The van der Waals surface area contributed by atoms with Gasteiger partial charge in [0.1, 0.15) is 11.2 Å². The second kappa shape index (κ2) is 10.8. The fraction of sp³-hybridized carbons (Fsp3) is 0.0638. The Morgan fingerprint density at radius 3 is 2.00 bits per heavy atom. The van der Waals surface area contributed by atoms with Crippen molar-refractivity contribution >= 4 is 32.7 Å². The van der Waals surface area contributed by atoms with Gasteiger partial charge in [-0.1, -0.05) is 129 Å². The molecule has 7 aromatic carbocycles. The fourth-order valence-electron chi connectivity index (χ4n) is 7.90. The molecule has 10 rings (SSSR count). The van der Waals surface area contributed by atoms with Crippen molar-refractivity contribution in [1.29, 1.82) is 0 Å². The van der Waals surface area contributed by atoms with Gasteiger partial charge in [-0.15, -0.1) is 0 Å².